The number of amides is 1. The van der Waals surface area contributed by atoms with E-state index < -0.39 is 0 Å². The maximum Gasteiger partial charge on any atom is 0.225 e. The van der Waals surface area contributed by atoms with Crippen molar-refractivity contribution in [1.82, 2.24) is 14.9 Å². The molecule has 10 heteroatoms. The van der Waals surface area contributed by atoms with Crippen LogP contribution in [0.1, 0.15) is 6.42 Å². The predicted molar refractivity (Wildman–Crippen MR) is 113 cm³/mol. The zero-order chi connectivity index (χ0) is 20.1. The summed E-state index contributed by atoms with van der Waals surface area (Å²) in [6.45, 7) is 0. The Morgan fingerprint density at radius 1 is 1.18 bits per heavy atom. The van der Waals surface area contributed by atoms with Gasteiger partial charge in [0, 0.05) is 12.2 Å². The second-order valence-electron chi connectivity index (χ2n) is 5.62. The second-order valence-corrected chi connectivity index (χ2v) is 7.50. The molecular formula is C18H17Cl2N5O2S. The molecule has 0 aliphatic rings. The van der Waals surface area contributed by atoms with Crippen LogP contribution in [-0.2, 0) is 4.79 Å². The molecule has 1 heterocycles. The van der Waals surface area contributed by atoms with E-state index >= 15 is 0 Å². The van der Waals surface area contributed by atoms with Crippen LogP contribution in [0.4, 0.5) is 5.69 Å². The van der Waals surface area contributed by atoms with E-state index in [0.29, 0.717) is 38.2 Å². The Bertz CT molecular complexity index is 976. The number of benzene rings is 2. The van der Waals surface area contributed by atoms with Gasteiger partial charge >= 0.3 is 0 Å². The number of methoxy groups -OCH3 is 1. The van der Waals surface area contributed by atoms with Crippen molar-refractivity contribution in [3.63, 3.8) is 0 Å². The molecule has 0 saturated heterocycles. The number of carbonyl (C=O) groups is 1. The average Bonchev–Trinajstić information content (AvgIpc) is 3.05. The summed E-state index contributed by atoms with van der Waals surface area (Å²) in [5.41, 5.74) is 1.14. The van der Waals surface area contributed by atoms with E-state index in [-0.39, 0.29) is 12.3 Å². The molecule has 146 valence electrons. The van der Waals surface area contributed by atoms with Crippen molar-refractivity contribution < 1.29 is 9.53 Å². The van der Waals surface area contributed by atoms with Gasteiger partial charge in [-0.2, -0.15) is 0 Å². The lowest BCUT2D eigenvalue weighted by Crippen LogP contribution is -2.14. The minimum atomic E-state index is -0.212. The van der Waals surface area contributed by atoms with Gasteiger partial charge in [-0.3, -0.25) is 4.79 Å². The molecule has 3 aromatic rings. The van der Waals surface area contributed by atoms with Crippen molar-refractivity contribution in [2.24, 2.45) is 0 Å². The van der Waals surface area contributed by atoms with Crippen LogP contribution in [0, 0.1) is 0 Å². The van der Waals surface area contributed by atoms with E-state index in [9.17, 15) is 4.79 Å². The molecule has 0 aliphatic carbocycles. The number of aromatic nitrogens is 3. The van der Waals surface area contributed by atoms with Gasteiger partial charge in [0.25, 0.3) is 0 Å². The van der Waals surface area contributed by atoms with Gasteiger partial charge in [-0.25, -0.2) is 4.68 Å². The van der Waals surface area contributed by atoms with Crippen LogP contribution in [-0.4, -0.2) is 33.6 Å². The minimum Gasteiger partial charge on any atom is -0.496 e. The molecular weight excluding hydrogens is 421 g/mol. The first-order valence-electron chi connectivity index (χ1n) is 8.21. The van der Waals surface area contributed by atoms with Gasteiger partial charge in [0.2, 0.25) is 11.1 Å². The summed E-state index contributed by atoms with van der Waals surface area (Å²) < 4.78 is 6.71. The highest BCUT2D eigenvalue weighted by molar-refractivity contribution is 7.99. The fourth-order valence-electron chi connectivity index (χ4n) is 2.44. The van der Waals surface area contributed by atoms with Crippen molar-refractivity contribution in [3.05, 3.63) is 52.5 Å². The maximum absolute atomic E-state index is 12.2. The van der Waals surface area contributed by atoms with Gasteiger partial charge in [0.05, 0.1) is 28.4 Å². The Hall–Kier alpha value is -2.42. The van der Waals surface area contributed by atoms with Crippen LogP contribution < -0.4 is 15.9 Å². The first-order valence-corrected chi connectivity index (χ1v) is 9.96. The smallest absolute Gasteiger partial charge is 0.225 e. The van der Waals surface area contributed by atoms with Crippen molar-refractivity contribution in [2.75, 3.05) is 24.0 Å². The van der Waals surface area contributed by atoms with Crippen molar-refractivity contribution in [3.8, 4) is 17.1 Å². The molecule has 0 fully saturated rings. The summed E-state index contributed by atoms with van der Waals surface area (Å²) in [7, 11) is 1.58. The Kier molecular flexibility index (Phi) is 6.66. The molecule has 0 spiro atoms. The van der Waals surface area contributed by atoms with E-state index in [1.54, 1.807) is 25.3 Å². The van der Waals surface area contributed by atoms with Crippen molar-refractivity contribution >= 4 is 46.6 Å². The number of nitrogens with one attached hydrogen (secondary N) is 1. The lowest BCUT2D eigenvalue weighted by Gasteiger charge is -2.09. The fraction of sp³-hybridized carbons (Fsp3) is 0.167. The normalized spacial score (nSPS) is 10.7. The summed E-state index contributed by atoms with van der Waals surface area (Å²) in [4.78, 5) is 12.2. The third kappa shape index (κ3) is 4.52. The highest BCUT2D eigenvalue weighted by atomic mass is 35.5. The first-order chi connectivity index (χ1) is 13.5. The monoisotopic (exact) mass is 437 g/mol. The van der Waals surface area contributed by atoms with Gasteiger partial charge in [-0.05, 0) is 24.3 Å². The van der Waals surface area contributed by atoms with Gasteiger partial charge < -0.3 is 15.9 Å². The van der Waals surface area contributed by atoms with E-state index in [2.05, 4.69) is 15.5 Å². The van der Waals surface area contributed by atoms with E-state index in [4.69, 9.17) is 33.8 Å². The Morgan fingerprint density at radius 2 is 1.89 bits per heavy atom. The highest BCUT2D eigenvalue weighted by Gasteiger charge is 2.16. The number of para-hydroxylation sites is 2. The Labute approximate surface area is 176 Å². The third-order valence-electron chi connectivity index (χ3n) is 3.80. The van der Waals surface area contributed by atoms with Crippen molar-refractivity contribution in [1.29, 1.82) is 0 Å². The molecule has 0 radical (unpaired) electrons. The molecule has 3 rings (SSSR count). The summed E-state index contributed by atoms with van der Waals surface area (Å²) in [5.74, 6) is 7.49. The first kappa shape index (κ1) is 20.3. The third-order valence-corrected chi connectivity index (χ3v) is 5.37. The number of carbonyl (C=O) groups excluding carboxylic acids is 1. The van der Waals surface area contributed by atoms with Crippen LogP contribution in [0.25, 0.3) is 11.4 Å². The van der Waals surface area contributed by atoms with Crippen LogP contribution >= 0.6 is 35.0 Å². The predicted octanol–water partition coefficient (Wildman–Crippen LogP) is 4.10. The van der Waals surface area contributed by atoms with Gasteiger partial charge in [0.1, 0.15) is 5.75 Å². The summed E-state index contributed by atoms with van der Waals surface area (Å²) in [6.07, 6.45) is 0.225. The summed E-state index contributed by atoms with van der Waals surface area (Å²) in [5, 5.41) is 12.2. The second kappa shape index (κ2) is 9.18. The van der Waals surface area contributed by atoms with Crippen molar-refractivity contribution in [2.45, 2.75) is 11.6 Å². The zero-order valence-electron chi connectivity index (χ0n) is 14.9. The fourth-order valence-corrected chi connectivity index (χ4v) is 3.73. The quantitative estimate of drug-likeness (QED) is 0.426. The number of anilines is 1. The number of hydrogen-bond acceptors (Lipinski definition) is 6. The van der Waals surface area contributed by atoms with E-state index in [1.165, 1.54) is 16.4 Å². The van der Waals surface area contributed by atoms with Gasteiger partial charge in [-0.1, -0.05) is 53.2 Å². The lowest BCUT2D eigenvalue weighted by atomic mass is 10.2. The van der Waals surface area contributed by atoms with Gasteiger partial charge in [0.15, 0.2) is 5.82 Å². The van der Waals surface area contributed by atoms with Crippen LogP contribution in [0.5, 0.6) is 5.75 Å². The number of halogens is 2. The Morgan fingerprint density at radius 3 is 2.61 bits per heavy atom. The average molecular weight is 438 g/mol. The topological polar surface area (TPSA) is 95.1 Å². The number of rotatable bonds is 7. The lowest BCUT2D eigenvalue weighted by molar-refractivity contribution is -0.115. The van der Waals surface area contributed by atoms with E-state index in [0.717, 1.165) is 5.56 Å². The van der Waals surface area contributed by atoms with E-state index in [1.807, 2.05) is 24.3 Å². The molecule has 0 saturated carbocycles. The molecule has 1 aromatic heterocycles. The summed E-state index contributed by atoms with van der Waals surface area (Å²) >= 11 is 13.4. The van der Waals surface area contributed by atoms with Gasteiger partial charge in [-0.15, -0.1) is 10.2 Å². The standard InChI is InChI=1S/C18H17Cl2N5O2S/c1-27-14-8-3-2-5-11(14)17-23-24-18(25(17)21)28-10-9-15(26)22-16-12(19)6-4-7-13(16)20/h2-8H,9-10,21H2,1H3,(H,22,26). The number of nitrogen functional groups attached to an aromatic ring is 1. The zero-order valence-corrected chi connectivity index (χ0v) is 17.2. The molecule has 0 atom stereocenters. The van der Waals surface area contributed by atoms with Crippen LogP contribution in [0.2, 0.25) is 10.0 Å². The number of hydrogen-bond donors (Lipinski definition) is 2. The molecule has 7 nitrogen and oxygen atoms in total. The minimum absolute atomic E-state index is 0.212. The molecule has 1 amide bonds. The molecule has 2 aromatic carbocycles. The molecule has 3 N–H and O–H groups in total. The number of ether oxygens (including phenoxy) is 1. The summed E-state index contributed by atoms with van der Waals surface area (Å²) in [6, 6.07) is 12.4. The highest BCUT2D eigenvalue weighted by Crippen LogP contribution is 2.31. The van der Waals surface area contributed by atoms with Crippen LogP contribution in [0.3, 0.4) is 0 Å². The molecule has 28 heavy (non-hydrogen) atoms. The number of nitrogens with two attached hydrogens (primary N) is 1. The SMILES string of the molecule is COc1ccccc1-c1nnc(SCCC(=O)Nc2c(Cl)cccc2Cl)n1N. The molecule has 0 bridgehead atoms. The maximum atomic E-state index is 12.2. The molecule has 0 aliphatic heterocycles. The number of nitrogens with zero attached hydrogens (tertiary/aromatic N) is 3. The Balaban J connectivity index is 1.61. The molecule has 0 unspecified atom stereocenters. The van der Waals surface area contributed by atoms with Crippen LogP contribution in [0.15, 0.2) is 47.6 Å². The number of thioether (sulfide) groups is 1. The largest absolute Gasteiger partial charge is 0.496 e.